The van der Waals surface area contributed by atoms with Gasteiger partial charge in [-0.25, -0.2) is 9.69 Å². The van der Waals surface area contributed by atoms with E-state index >= 15 is 14.4 Å². The number of ether oxygens (including phenoxy) is 3. The number of carbonyl (C=O) groups is 4. The Morgan fingerprint density at radius 1 is 0.778 bits per heavy atom. The van der Waals surface area contributed by atoms with Crippen molar-refractivity contribution in [1.29, 1.82) is 0 Å². The van der Waals surface area contributed by atoms with Crippen LogP contribution in [-0.4, -0.2) is 78.2 Å². The van der Waals surface area contributed by atoms with E-state index in [2.05, 4.69) is 17.9 Å². The zero-order valence-corrected chi connectivity index (χ0v) is 35.6. The Labute approximate surface area is 368 Å². The number of allylic oxidation sites excluding steroid dienone is 2. The van der Waals surface area contributed by atoms with Gasteiger partial charge < -0.3 is 24.2 Å². The second-order valence-electron chi connectivity index (χ2n) is 17.2. The highest BCUT2D eigenvalue weighted by Crippen LogP contribution is 2.66. The molecular formula is C52H53N3O8. The molecule has 3 saturated heterocycles. The van der Waals surface area contributed by atoms with Crippen LogP contribution in [0.2, 0.25) is 0 Å². The largest absolute Gasteiger partial charge is 0.508 e. The summed E-state index contributed by atoms with van der Waals surface area (Å²) in [5, 5.41) is 10.7. The van der Waals surface area contributed by atoms with Crippen LogP contribution in [0.3, 0.4) is 0 Å². The van der Waals surface area contributed by atoms with Crippen LogP contribution in [0.4, 0.5) is 10.5 Å². The van der Waals surface area contributed by atoms with E-state index in [0.717, 1.165) is 79.4 Å². The fourth-order valence-corrected chi connectivity index (χ4v) is 10.6. The van der Waals surface area contributed by atoms with Gasteiger partial charge in [-0.05, 0) is 96.7 Å². The number of carbonyl (C=O) groups excluding carboxylic acids is 4. The molecule has 0 radical (unpaired) electrons. The highest BCUT2D eigenvalue weighted by molar-refractivity contribution is 6.23. The Hall–Kier alpha value is -6.22. The Morgan fingerprint density at radius 2 is 1.48 bits per heavy atom. The molecule has 0 aromatic heterocycles. The molecule has 0 saturated carbocycles. The lowest BCUT2D eigenvalue weighted by Gasteiger charge is -2.46. The topological polar surface area (TPSA) is 126 Å². The molecule has 4 aromatic carbocycles. The SMILES string of the molecule is COCCOC(=O)N1C(=O)[C@@]2(c3cc(C#CC4=CCCCC4)ccc31)[C@H](C(=O)N1CCCCCCC1)[C@H]1C(=O)O[C@H](c3ccccc3)[C@H](c3ccccc3)N1[C@@H]2c1ccc(O)cc1. The summed E-state index contributed by atoms with van der Waals surface area (Å²) in [4.78, 5) is 67.1. The number of amides is 3. The number of anilines is 1. The Balaban J connectivity index is 1.35. The predicted molar refractivity (Wildman–Crippen MR) is 236 cm³/mol. The maximum Gasteiger partial charge on any atom is 0.421 e. The summed E-state index contributed by atoms with van der Waals surface area (Å²) in [5.74, 6) is 3.68. The number of cyclic esters (lactones) is 1. The molecular weight excluding hydrogens is 795 g/mol. The van der Waals surface area contributed by atoms with E-state index in [1.807, 2.05) is 76.5 Å². The third kappa shape index (κ3) is 7.70. The molecule has 11 nitrogen and oxygen atoms in total. The molecule has 3 fully saturated rings. The number of fused-ring (bicyclic) bond motifs is 3. The monoisotopic (exact) mass is 847 g/mol. The number of phenolic OH excluding ortho intramolecular Hbond substituents is 1. The standard InChI is InChI=1S/C52H53N3O8/c1-61-32-33-62-51(60)54-42-29-24-36(23-22-35-16-8-5-9-17-35)34-41(42)52(50(54)59)43(48(57)53-30-14-3-2-4-15-31-53)45-49(58)63-46(38-20-12-7-13-21-38)44(37-18-10-6-11-19-37)55(45)47(52)39-25-27-40(56)28-26-39/h6-7,10-13,16,18-21,24-29,34,43-47,56H,2-5,8-9,14-15,17,30-33H2,1H3/t43-,44-,45-,46+,47+,52-/m0/s1. The van der Waals surface area contributed by atoms with Crippen molar-refractivity contribution >= 4 is 29.6 Å². The van der Waals surface area contributed by atoms with Gasteiger partial charge in [0.25, 0.3) is 0 Å². The van der Waals surface area contributed by atoms with Gasteiger partial charge >= 0.3 is 12.1 Å². The number of hydrogen-bond donors (Lipinski definition) is 1. The molecule has 1 aliphatic carbocycles. The summed E-state index contributed by atoms with van der Waals surface area (Å²) in [7, 11) is 1.49. The number of aromatic hydroxyl groups is 1. The number of rotatable bonds is 7. The minimum absolute atomic E-state index is 0.00602. The maximum absolute atomic E-state index is 16.3. The Kier molecular flexibility index (Phi) is 12.2. The number of phenols is 1. The van der Waals surface area contributed by atoms with Crippen molar-refractivity contribution in [2.75, 3.05) is 38.3 Å². The second-order valence-corrected chi connectivity index (χ2v) is 17.2. The number of benzene rings is 4. The van der Waals surface area contributed by atoms with Gasteiger partial charge in [0.15, 0.2) is 0 Å². The van der Waals surface area contributed by atoms with E-state index in [9.17, 15) is 9.90 Å². The molecule has 4 aliphatic heterocycles. The first kappa shape index (κ1) is 42.1. The molecule has 11 heteroatoms. The molecule has 63 heavy (non-hydrogen) atoms. The fraction of sp³-hybridized carbons (Fsp3) is 0.385. The molecule has 324 valence electrons. The van der Waals surface area contributed by atoms with Gasteiger partial charge in [-0.2, -0.15) is 0 Å². The summed E-state index contributed by atoms with van der Waals surface area (Å²) in [6, 6.07) is 28.1. The van der Waals surface area contributed by atoms with Gasteiger partial charge in [-0.15, -0.1) is 0 Å². The van der Waals surface area contributed by atoms with E-state index in [0.29, 0.717) is 29.8 Å². The van der Waals surface area contributed by atoms with Crippen LogP contribution in [0.1, 0.15) is 104 Å². The minimum atomic E-state index is -1.91. The highest BCUT2D eigenvalue weighted by atomic mass is 16.6. The summed E-state index contributed by atoms with van der Waals surface area (Å²) in [5.41, 5.74) is 2.50. The molecule has 4 aromatic rings. The predicted octanol–water partition coefficient (Wildman–Crippen LogP) is 8.49. The first-order valence-electron chi connectivity index (χ1n) is 22.3. The van der Waals surface area contributed by atoms with Gasteiger partial charge in [0.05, 0.1) is 30.3 Å². The van der Waals surface area contributed by atoms with Crippen molar-refractivity contribution < 1.29 is 38.5 Å². The second kappa shape index (κ2) is 18.2. The molecule has 0 unspecified atom stereocenters. The van der Waals surface area contributed by atoms with Crippen LogP contribution >= 0.6 is 0 Å². The Morgan fingerprint density at radius 3 is 2.16 bits per heavy atom. The van der Waals surface area contributed by atoms with Crippen molar-refractivity contribution in [3.05, 3.63) is 143 Å². The number of imide groups is 1. The van der Waals surface area contributed by atoms with Crippen LogP contribution in [0.5, 0.6) is 5.75 Å². The van der Waals surface area contributed by atoms with Crippen molar-refractivity contribution in [2.45, 2.75) is 87.4 Å². The minimum Gasteiger partial charge on any atom is -0.508 e. The normalized spacial score (nSPS) is 25.8. The van der Waals surface area contributed by atoms with Gasteiger partial charge in [0.2, 0.25) is 11.8 Å². The summed E-state index contributed by atoms with van der Waals surface area (Å²) >= 11 is 0. The zero-order chi connectivity index (χ0) is 43.5. The molecule has 4 heterocycles. The smallest absolute Gasteiger partial charge is 0.421 e. The zero-order valence-electron chi connectivity index (χ0n) is 35.6. The third-order valence-corrected chi connectivity index (χ3v) is 13.5. The van der Waals surface area contributed by atoms with Crippen molar-refractivity contribution in [3.8, 4) is 17.6 Å². The van der Waals surface area contributed by atoms with E-state index in [1.54, 1.807) is 36.4 Å². The molecule has 1 N–H and O–H groups in total. The van der Waals surface area contributed by atoms with Crippen LogP contribution < -0.4 is 4.90 Å². The number of methoxy groups -OCH3 is 1. The van der Waals surface area contributed by atoms with Crippen molar-refractivity contribution in [2.24, 2.45) is 5.92 Å². The number of hydrogen-bond acceptors (Lipinski definition) is 9. The number of likely N-dealkylation sites (tertiary alicyclic amines) is 1. The van der Waals surface area contributed by atoms with Crippen LogP contribution in [-0.2, 0) is 34.0 Å². The third-order valence-electron chi connectivity index (χ3n) is 13.5. The van der Waals surface area contributed by atoms with Gasteiger partial charge in [0.1, 0.15) is 29.9 Å². The summed E-state index contributed by atoms with van der Waals surface area (Å²) < 4.78 is 17.5. The fourth-order valence-electron chi connectivity index (χ4n) is 10.6. The van der Waals surface area contributed by atoms with E-state index < -0.39 is 53.5 Å². The van der Waals surface area contributed by atoms with Crippen LogP contribution in [0.25, 0.3) is 0 Å². The molecule has 5 aliphatic rings. The number of morpholine rings is 1. The van der Waals surface area contributed by atoms with Crippen molar-refractivity contribution in [1.82, 2.24) is 9.80 Å². The maximum atomic E-state index is 16.3. The number of nitrogens with zero attached hydrogens (tertiary/aromatic N) is 3. The summed E-state index contributed by atoms with van der Waals surface area (Å²) in [6.45, 7) is 0.893. The van der Waals surface area contributed by atoms with Gasteiger partial charge in [-0.3, -0.25) is 19.3 Å². The molecule has 1 spiro atoms. The Bertz CT molecular complexity index is 2440. The molecule has 0 bridgehead atoms. The first-order valence-corrected chi connectivity index (χ1v) is 22.3. The van der Waals surface area contributed by atoms with Gasteiger partial charge in [-0.1, -0.05) is 110 Å². The van der Waals surface area contributed by atoms with E-state index in [-0.39, 0.29) is 30.6 Å². The lowest BCUT2D eigenvalue weighted by Crippen LogP contribution is -2.56. The average Bonchev–Trinajstić information content (AvgIpc) is 3.75. The average molecular weight is 848 g/mol. The van der Waals surface area contributed by atoms with E-state index in [4.69, 9.17) is 14.2 Å². The van der Waals surface area contributed by atoms with Gasteiger partial charge in [0, 0.05) is 25.8 Å². The quantitative estimate of drug-likeness (QED) is 0.111. The summed E-state index contributed by atoms with van der Waals surface area (Å²) in [6.07, 6.45) is 8.90. The highest BCUT2D eigenvalue weighted by Gasteiger charge is 2.76. The van der Waals surface area contributed by atoms with Crippen LogP contribution in [0.15, 0.2) is 115 Å². The number of esters is 1. The van der Waals surface area contributed by atoms with Crippen LogP contribution in [0, 0.1) is 17.8 Å². The lowest BCUT2D eigenvalue weighted by molar-refractivity contribution is -0.179. The van der Waals surface area contributed by atoms with E-state index in [1.165, 1.54) is 7.11 Å². The van der Waals surface area contributed by atoms with Crippen molar-refractivity contribution in [3.63, 3.8) is 0 Å². The molecule has 9 rings (SSSR count). The molecule has 6 atom stereocenters. The first-order chi connectivity index (χ1) is 30.8. The lowest BCUT2D eigenvalue weighted by atomic mass is 9.64. The molecule has 3 amide bonds.